The molecular weight excluding hydrogens is 534 g/mol. The van der Waals surface area contributed by atoms with Crippen LogP contribution in [0.3, 0.4) is 0 Å². The minimum absolute atomic E-state index is 0.161. The molecule has 0 unspecified atom stereocenters. The molecule has 12 nitrogen and oxygen atoms in total. The monoisotopic (exact) mass is 559 g/mol. The number of ether oxygens (including phenoxy) is 2. The van der Waals surface area contributed by atoms with Gasteiger partial charge in [-0.3, -0.25) is 4.79 Å². The van der Waals surface area contributed by atoms with Crippen molar-refractivity contribution in [3.05, 3.63) is 139 Å². The summed E-state index contributed by atoms with van der Waals surface area (Å²) in [5.41, 5.74) is 31.0. The molecule has 4 aromatic carbocycles. The van der Waals surface area contributed by atoms with E-state index in [4.69, 9.17) is 26.1 Å². The summed E-state index contributed by atoms with van der Waals surface area (Å²) < 4.78 is 10.6. The lowest BCUT2D eigenvalue weighted by atomic mass is 10.0. The quantitative estimate of drug-likeness (QED) is 0.0651. The normalized spacial score (nSPS) is 9.79. The van der Waals surface area contributed by atoms with Crippen LogP contribution in [0, 0.1) is 6.92 Å². The largest absolute Gasteiger partial charge is 0.496 e. The van der Waals surface area contributed by atoms with Gasteiger partial charge in [-0.25, -0.2) is 0 Å². The lowest BCUT2D eigenvalue weighted by molar-refractivity contribution is 0.104. The van der Waals surface area contributed by atoms with E-state index in [0.29, 0.717) is 28.4 Å². The fourth-order valence-electron chi connectivity index (χ4n) is 3.70. The summed E-state index contributed by atoms with van der Waals surface area (Å²) in [5, 5.41) is 10.5. The molecule has 4 aromatic rings. The smallest absolute Gasteiger partial charge is 0.185 e. The highest BCUT2D eigenvalue weighted by molar-refractivity contribution is 6.06. The first-order chi connectivity index (χ1) is 20.4. The van der Waals surface area contributed by atoms with Crippen LogP contribution in [0.1, 0.15) is 21.5 Å². The van der Waals surface area contributed by atoms with Gasteiger partial charge in [0, 0.05) is 31.7 Å². The van der Waals surface area contributed by atoms with E-state index in [1.165, 1.54) is 6.08 Å². The molecule has 0 bridgehead atoms. The maximum Gasteiger partial charge on any atom is 0.185 e. The van der Waals surface area contributed by atoms with Crippen molar-refractivity contribution in [3.8, 4) is 22.6 Å². The Labute approximate surface area is 241 Å². The Hall–Kier alpha value is -6.18. The van der Waals surface area contributed by atoms with Gasteiger partial charge in [0.05, 0.1) is 19.9 Å². The van der Waals surface area contributed by atoms with Gasteiger partial charge in [-0.15, -0.1) is 0 Å². The molecule has 0 aliphatic carbocycles. The first-order valence-corrected chi connectivity index (χ1v) is 12.3. The molecule has 4 rings (SSSR count). The highest BCUT2D eigenvalue weighted by atomic mass is 16.5. The lowest BCUT2D eigenvalue weighted by Crippen LogP contribution is -1.92. The second-order valence-corrected chi connectivity index (χ2v) is 8.48. The summed E-state index contributed by atoms with van der Waals surface area (Å²) in [6, 6.07) is 24.6. The third-order valence-electron chi connectivity index (χ3n) is 5.87. The summed E-state index contributed by atoms with van der Waals surface area (Å²) in [6.07, 6.45) is 3.12. The van der Waals surface area contributed by atoms with Gasteiger partial charge in [-0.2, -0.15) is 0 Å². The Balaban J connectivity index is 0.000000231. The molecule has 0 N–H and O–H groups in total. The summed E-state index contributed by atoms with van der Waals surface area (Å²) in [7, 11) is 3.20. The number of benzene rings is 4. The first-order valence-electron chi connectivity index (χ1n) is 12.3. The molecule has 0 fully saturated rings. The number of ketones is 1. The highest BCUT2D eigenvalue weighted by Gasteiger charge is 2.07. The second-order valence-electron chi connectivity index (χ2n) is 8.48. The number of azide groups is 3. The van der Waals surface area contributed by atoms with Crippen LogP contribution >= 0.6 is 0 Å². The van der Waals surface area contributed by atoms with Gasteiger partial charge in [0.1, 0.15) is 11.5 Å². The van der Waals surface area contributed by atoms with Crippen molar-refractivity contribution in [2.24, 2.45) is 15.3 Å². The van der Waals surface area contributed by atoms with Crippen LogP contribution in [0.5, 0.6) is 11.5 Å². The summed E-state index contributed by atoms with van der Waals surface area (Å²) in [4.78, 5) is 20.1. The molecule has 0 atom stereocenters. The van der Waals surface area contributed by atoms with Gasteiger partial charge < -0.3 is 9.47 Å². The van der Waals surface area contributed by atoms with Gasteiger partial charge in [0.15, 0.2) is 5.78 Å². The number of carbonyl (C=O) groups excluding carboxylic acids is 1. The standard InChI is InChI=1S/C15H10N6O.C15H15N3O2/c16-20-18-13-6-1-11(2-7-13)3-10-15(22)12-4-8-14(9-5-12)19-21-17;1-10-4-5-11(8-14(10)19-2)12-6-7-13(17-18-16)15(9-12)20-3/h1-10H;4-9H,1-3H3/b10-3-;. The van der Waals surface area contributed by atoms with Crippen LogP contribution in [0.15, 0.2) is 106 Å². The molecule has 0 radical (unpaired) electrons. The van der Waals surface area contributed by atoms with Crippen LogP contribution in [-0.4, -0.2) is 20.0 Å². The summed E-state index contributed by atoms with van der Waals surface area (Å²) in [5.74, 6) is 1.21. The Kier molecular flexibility index (Phi) is 11.1. The molecule has 0 aromatic heterocycles. The Morgan fingerprint density at radius 1 is 0.690 bits per heavy atom. The van der Waals surface area contributed by atoms with E-state index in [0.717, 1.165) is 28.0 Å². The van der Waals surface area contributed by atoms with E-state index in [2.05, 4.69) is 30.1 Å². The number of methoxy groups -OCH3 is 2. The zero-order chi connectivity index (χ0) is 30.3. The summed E-state index contributed by atoms with van der Waals surface area (Å²) in [6.45, 7) is 1.99. The van der Waals surface area contributed by atoms with Gasteiger partial charge in [-0.1, -0.05) is 88.1 Å². The van der Waals surface area contributed by atoms with Gasteiger partial charge in [-0.05, 0) is 70.0 Å². The number of aryl methyl sites for hydroxylation is 1. The van der Waals surface area contributed by atoms with E-state index in [1.54, 1.807) is 74.9 Å². The predicted molar refractivity (Wildman–Crippen MR) is 162 cm³/mol. The Bertz CT molecular complexity index is 1730. The van der Waals surface area contributed by atoms with Crippen LogP contribution < -0.4 is 9.47 Å². The van der Waals surface area contributed by atoms with Gasteiger partial charge in [0.2, 0.25) is 0 Å². The SMILES string of the molecule is COc1cc(-c2ccc(N=[N+]=[N-])c(OC)c2)ccc1C.[N-]=[N+]=Nc1ccc(/C=C\C(=O)c2ccc(N=[N+]=[N-])cc2)cc1. The fraction of sp³-hybridized carbons (Fsp3) is 0.100. The molecule has 208 valence electrons. The summed E-state index contributed by atoms with van der Waals surface area (Å²) >= 11 is 0. The Morgan fingerprint density at radius 2 is 1.21 bits per heavy atom. The molecule has 42 heavy (non-hydrogen) atoms. The minimum Gasteiger partial charge on any atom is -0.496 e. The number of hydrogen-bond acceptors (Lipinski definition) is 6. The van der Waals surface area contributed by atoms with E-state index >= 15 is 0 Å². The molecule has 12 heteroatoms. The van der Waals surface area contributed by atoms with E-state index in [1.807, 2.05) is 37.3 Å². The molecule has 0 spiro atoms. The van der Waals surface area contributed by atoms with Crippen molar-refractivity contribution in [1.29, 1.82) is 0 Å². The average Bonchev–Trinajstić information content (AvgIpc) is 3.02. The number of rotatable bonds is 9. The molecule has 0 saturated heterocycles. The van der Waals surface area contributed by atoms with E-state index in [9.17, 15) is 4.79 Å². The maximum absolute atomic E-state index is 12.0. The van der Waals surface area contributed by atoms with Gasteiger partial charge in [0.25, 0.3) is 0 Å². The second kappa shape index (κ2) is 15.4. The van der Waals surface area contributed by atoms with Crippen molar-refractivity contribution in [2.75, 3.05) is 14.2 Å². The van der Waals surface area contributed by atoms with Gasteiger partial charge >= 0.3 is 0 Å². The molecule has 0 saturated carbocycles. The number of hydrogen-bond donors (Lipinski definition) is 0. The third-order valence-corrected chi connectivity index (χ3v) is 5.87. The van der Waals surface area contributed by atoms with Crippen LogP contribution in [0.2, 0.25) is 0 Å². The van der Waals surface area contributed by atoms with E-state index < -0.39 is 0 Å². The zero-order valence-electron chi connectivity index (χ0n) is 23.0. The average molecular weight is 560 g/mol. The van der Waals surface area contributed by atoms with Crippen molar-refractivity contribution in [2.45, 2.75) is 6.92 Å². The molecule has 0 amide bonds. The molecule has 0 aliphatic rings. The molecular formula is C30H25N9O3. The topological polar surface area (TPSA) is 182 Å². The van der Waals surface area contributed by atoms with E-state index in [-0.39, 0.29) is 5.78 Å². The number of carbonyl (C=O) groups is 1. The van der Waals surface area contributed by atoms with Crippen molar-refractivity contribution in [1.82, 2.24) is 0 Å². The van der Waals surface area contributed by atoms with Crippen LogP contribution in [0.25, 0.3) is 48.5 Å². The van der Waals surface area contributed by atoms with Crippen molar-refractivity contribution >= 4 is 28.9 Å². The number of allylic oxidation sites excluding steroid dienone is 1. The number of nitrogens with zero attached hydrogens (tertiary/aromatic N) is 9. The van der Waals surface area contributed by atoms with Crippen molar-refractivity contribution < 1.29 is 14.3 Å². The maximum atomic E-state index is 12.0. The van der Waals surface area contributed by atoms with Crippen LogP contribution in [0.4, 0.5) is 17.1 Å². The first kappa shape index (κ1) is 30.4. The van der Waals surface area contributed by atoms with Crippen molar-refractivity contribution in [3.63, 3.8) is 0 Å². The van der Waals surface area contributed by atoms with Crippen LogP contribution in [-0.2, 0) is 0 Å². The Morgan fingerprint density at radius 3 is 1.76 bits per heavy atom. The fourth-order valence-corrected chi connectivity index (χ4v) is 3.70. The zero-order valence-corrected chi connectivity index (χ0v) is 23.0. The minimum atomic E-state index is -0.161. The highest BCUT2D eigenvalue weighted by Crippen LogP contribution is 2.34. The third kappa shape index (κ3) is 8.41. The molecule has 0 aliphatic heterocycles. The molecule has 0 heterocycles. The predicted octanol–water partition coefficient (Wildman–Crippen LogP) is 10.1. The lowest BCUT2D eigenvalue weighted by Gasteiger charge is -2.10.